The Bertz CT molecular complexity index is 291. The number of rotatable bonds is 0. The zero-order valence-electron chi connectivity index (χ0n) is 6.82. The molecule has 0 fully saturated rings. The maximum absolute atomic E-state index is 5.04. The number of hydrogen-bond acceptors (Lipinski definition) is 0. The van der Waals surface area contributed by atoms with Crippen molar-refractivity contribution in [2.24, 2.45) is 0 Å². The molecule has 0 heterocycles. The first kappa shape index (κ1) is 11.8. The molecule has 1 heteroatoms. The van der Waals surface area contributed by atoms with Crippen molar-refractivity contribution in [2.45, 2.75) is 0 Å². The normalized spacial score (nSPS) is 7.31. The van der Waals surface area contributed by atoms with Crippen molar-refractivity contribution in [3.63, 3.8) is 0 Å². The van der Waals surface area contributed by atoms with Gasteiger partial charge in [0.25, 0.3) is 0 Å². The average molecular weight is 206 g/mol. The van der Waals surface area contributed by atoms with Gasteiger partial charge in [0.15, 0.2) is 0 Å². The largest absolute Gasteiger partial charge is 0.999 e. The molecule has 0 radical (unpaired) electrons. The first-order valence-electron chi connectivity index (χ1n) is 3.44. The molecule has 0 unspecified atom stereocenters. The number of hydrogen-bond donors (Lipinski definition) is 0. The van der Waals surface area contributed by atoms with Crippen LogP contribution in [0.3, 0.4) is 0 Å². The molecule has 0 aliphatic rings. The van der Waals surface area contributed by atoms with Gasteiger partial charge in [-0.05, 0) is 0 Å². The van der Waals surface area contributed by atoms with E-state index in [0.29, 0.717) is 0 Å². The van der Waals surface area contributed by atoms with E-state index in [4.69, 9.17) is 6.42 Å². The Hall–Kier alpha value is -1.22. The summed E-state index contributed by atoms with van der Waals surface area (Å²) in [5, 5.41) is 0. The van der Waals surface area contributed by atoms with Crippen LogP contribution in [0.25, 0.3) is 0 Å². The molecule has 0 N–H and O–H groups in total. The standard InChI is InChI=1S/C7H5.C5H.Fe/c1-2-7-5-3-4-6-7;1-2-4-5-3-1;/h1,3-6H;1H;/q-1;-5;. The first-order chi connectivity index (χ1) is 5.93. The SMILES string of the molecule is C#C[c-]1cccc1.[Fe].[c-]1[c-][c-][cH-][c-]1. The molecule has 68 valence electrons. The maximum atomic E-state index is 5.04. The summed E-state index contributed by atoms with van der Waals surface area (Å²) in [4.78, 5) is 0. The smallest absolute Gasteiger partial charge is 0 e. The molecule has 0 atom stereocenters. The van der Waals surface area contributed by atoms with Crippen LogP contribution in [0, 0.1) is 36.6 Å². The molecule has 0 amide bonds. The Balaban J connectivity index is 0.000000215. The fourth-order valence-corrected chi connectivity index (χ4v) is 0.651. The molecule has 2 rings (SSSR count). The molecule has 0 aliphatic carbocycles. The Morgan fingerprint density at radius 3 is 1.92 bits per heavy atom. The minimum Gasteiger partial charge on any atom is -0.999 e. The molecule has 0 saturated heterocycles. The van der Waals surface area contributed by atoms with Gasteiger partial charge in [-0.1, -0.05) is 5.56 Å². The van der Waals surface area contributed by atoms with E-state index in [-0.39, 0.29) is 17.1 Å². The van der Waals surface area contributed by atoms with Crippen molar-refractivity contribution < 1.29 is 17.1 Å². The van der Waals surface area contributed by atoms with Crippen LogP contribution < -0.4 is 0 Å². The second-order valence-electron chi connectivity index (χ2n) is 2.00. The van der Waals surface area contributed by atoms with Crippen molar-refractivity contribution in [3.8, 4) is 12.3 Å². The van der Waals surface area contributed by atoms with E-state index < -0.39 is 0 Å². The van der Waals surface area contributed by atoms with E-state index in [9.17, 15) is 0 Å². The molecule has 0 aromatic heterocycles. The third-order valence-corrected chi connectivity index (χ3v) is 1.18. The van der Waals surface area contributed by atoms with E-state index in [1.165, 1.54) is 0 Å². The Kier molecular flexibility index (Phi) is 6.73. The van der Waals surface area contributed by atoms with Gasteiger partial charge < -0.3 is 30.3 Å². The molecular weight excluding hydrogens is 200 g/mol. The first-order valence-corrected chi connectivity index (χ1v) is 3.44. The number of terminal acetylenes is 1. The summed E-state index contributed by atoms with van der Waals surface area (Å²) >= 11 is 0. The maximum Gasteiger partial charge on any atom is 0 e. The van der Waals surface area contributed by atoms with Crippen LogP contribution in [0.1, 0.15) is 5.56 Å². The van der Waals surface area contributed by atoms with Crippen LogP contribution in [0.15, 0.2) is 30.3 Å². The van der Waals surface area contributed by atoms with Crippen LogP contribution in [0.4, 0.5) is 0 Å². The van der Waals surface area contributed by atoms with Gasteiger partial charge in [0.1, 0.15) is 0 Å². The van der Waals surface area contributed by atoms with Crippen molar-refractivity contribution in [1.82, 2.24) is 0 Å². The van der Waals surface area contributed by atoms with E-state index in [1.807, 2.05) is 24.3 Å². The summed E-state index contributed by atoms with van der Waals surface area (Å²) in [5.41, 5.74) is 0.958. The molecule has 2 aromatic rings. The van der Waals surface area contributed by atoms with E-state index >= 15 is 0 Å². The third-order valence-electron chi connectivity index (χ3n) is 1.18. The van der Waals surface area contributed by atoms with Crippen LogP contribution in [-0.4, -0.2) is 0 Å². The van der Waals surface area contributed by atoms with Crippen molar-refractivity contribution in [2.75, 3.05) is 0 Å². The third kappa shape index (κ3) is 5.09. The average Bonchev–Trinajstić information content (AvgIpc) is 2.81. The van der Waals surface area contributed by atoms with Gasteiger partial charge in [-0.15, -0.1) is 12.1 Å². The summed E-state index contributed by atoms with van der Waals surface area (Å²) in [6.07, 6.45) is 5.04. The van der Waals surface area contributed by atoms with E-state index in [0.717, 1.165) is 5.56 Å². The van der Waals surface area contributed by atoms with Crippen LogP contribution >= 0.6 is 0 Å². The van der Waals surface area contributed by atoms with E-state index in [2.05, 4.69) is 30.2 Å². The quantitative estimate of drug-likeness (QED) is 0.351. The minimum atomic E-state index is 0. The summed E-state index contributed by atoms with van der Waals surface area (Å²) in [5.74, 6) is 2.51. The molecule has 0 spiro atoms. The van der Waals surface area contributed by atoms with Gasteiger partial charge in [-0.2, -0.15) is 18.1 Å². The molecule has 0 saturated carbocycles. The molecule has 0 aliphatic heterocycles. The van der Waals surface area contributed by atoms with Crippen molar-refractivity contribution >= 4 is 0 Å². The topological polar surface area (TPSA) is 0 Å². The Labute approximate surface area is 89.8 Å². The minimum absolute atomic E-state index is 0. The van der Waals surface area contributed by atoms with Gasteiger partial charge in [-0.25, -0.2) is 6.42 Å². The predicted molar refractivity (Wildman–Crippen MR) is 47.3 cm³/mol. The van der Waals surface area contributed by atoms with Crippen molar-refractivity contribution in [3.05, 3.63) is 60.2 Å². The summed E-state index contributed by atoms with van der Waals surface area (Å²) in [7, 11) is 0. The van der Waals surface area contributed by atoms with Gasteiger partial charge >= 0.3 is 0 Å². The summed E-state index contributed by atoms with van der Waals surface area (Å²) < 4.78 is 0. The second kappa shape index (κ2) is 7.43. The van der Waals surface area contributed by atoms with Gasteiger partial charge in [0, 0.05) is 17.1 Å². The molecule has 0 nitrogen and oxygen atoms in total. The molecule has 2 aromatic carbocycles. The van der Waals surface area contributed by atoms with Gasteiger partial charge in [0.05, 0.1) is 0 Å². The molecular formula is C12H6Fe-6. The monoisotopic (exact) mass is 206 g/mol. The molecule has 13 heavy (non-hydrogen) atoms. The zero-order chi connectivity index (χ0) is 8.65. The van der Waals surface area contributed by atoms with Crippen molar-refractivity contribution in [1.29, 1.82) is 0 Å². The van der Waals surface area contributed by atoms with Crippen LogP contribution in [-0.2, 0) is 17.1 Å². The van der Waals surface area contributed by atoms with Gasteiger partial charge in [0.2, 0.25) is 0 Å². The second-order valence-corrected chi connectivity index (χ2v) is 2.00. The molecule has 0 bridgehead atoms. The van der Waals surface area contributed by atoms with Crippen LogP contribution in [0.2, 0.25) is 0 Å². The fraction of sp³-hybridized carbons (Fsp3) is 0. The van der Waals surface area contributed by atoms with Crippen LogP contribution in [0.5, 0.6) is 0 Å². The summed E-state index contributed by atoms with van der Waals surface area (Å²) in [6.45, 7) is 0. The fourth-order valence-electron chi connectivity index (χ4n) is 0.651. The Morgan fingerprint density at radius 2 is 1.69 bits per heavy atom. The van der Waals surface area contributed by atoms with Gasteiger partial charge in [-0.3, -0.25) is 0 Å². The predicted octanol–water partition coefficient (Wildman–Crippen LogP) is 1.99. The van der Waals surface area contributed by atoms with E-state index in [1.54, 1.807) is 6.07 Å². The Morgan fingerprint density at radius 1 is 1.15 bits per heavy atom. The zero-order valence-corrected chi connectivity index (χ0v) is 7.92. The summed E-state index contributed by atoms with van der Waals surface area (Å²) in [6, 6.07) is 19.7.